The van der Waals surface area contributed by atoms with Crippen LogP contribution in [0.5, 0.6) is 0 Å². The van der Waals surface area contributed by atoms with Crippen LogP contribution < -0.4 is 0 Å². The predicted octanol–water partition coefficient (Wildman–Crippen LogP) is 4.31. The van der Waals surface area contributed by atoms with Crippen molar-refractivity contribution in [3.63, 3.8) is 0 Å². The van der Waals surface area contributed by atoms with Crippen LogP contribution in [0.1, 0.15) is 45.4 Å². The Morgan fingerprint density at radius 3 is 2.38 bits per heavy atom. The van der Waals surface area contributed by atoms with Gasteiger partial charge in [-0.15, -0.1) is 0 Å². The molecule has 0 aromatic carbocycles. The maximum atomic E-state index is 11.8. The topological polar surface area (TPSA) is 44.8 Å². The van der Waals surface area contributed by atoms with Crippen molar-refractivity contribution in [1.29, 1.82) is 0 Å². The van der Waals surface area contributed by atoms with Crippen LogP contribution in [0.3, 0.4) is 0 Å². The fourth-order valence-electron chi connectivity index (χ4n) is 4.46. The lowest BCUT2D eigenvalue weighted by Crippen LogP contribution is -2.47. The second kappa shape index (κ2) is 7.40. The summed E-state index contributed by atoms with van der Waals surface area (Å²) in [5, 5.41) is 0. The van der Waals surface area contributed by atoms with Crippen LogP contribution in [0.25, 0.3) is 0 Å². The van der Waals surface area contributed by atoms with Gasteiger partial charge in [-0.2, -0.15) is 0 Å². The number of hydrogen-bond donors (Lipinski definition) is 0. The SMILES string of the molecule is C=C1[C@H](O[Si](C)(C)C)CC[C@]1(C)C1(COCOC)CCC(=O)CC1. The molecule has 24 heavy (non-hydrogen) atoms. The van der Waals surface area contributed by atoms with E-state index in [1.807, 2.05) is 0 Å². The first-order valence-electron chi connectivity index (χ1n) is 9.09. The Labute approximate surface area is 148 Å². The number of rotatable bonds is 7. The van der Waals surface area contributed by atoms with E-state index in [0.29, 0.717) is 32.0 Å². The maximum Gasteiger partial charge on any atom is 0.184 e. The Balaban J connectivity index is 2.21. The van der Waals surface area contributed by atoms with Gasteiger partial charge in [-0.25, -0.2) is 0 Å². The first-order chi connectivity index (χ1) is 11.1. The van der Waals surface area contributed by atoms with Crippen molar-refractivity contribution < 1.29 is 18.7 Å². The summed E-state index contributed by atoms with van der Waals surface area (Å²) in [6, 6.07) is 0. The van der Waals surface area contributed by atoms with E-state index in [2.05, 4.69) is 33.1 Å². The third-order valence-electron chi connectivity index (χ3n) is 6.01. The average Bonchev–Trinajstić information content (AvgIpc) is 2.78. The lowest BCUT2D eigenvalue weighted by Gasteiger charge is -2.50. The number of Topliss-reactive ketones (excluding diaryl/α,β-unsaturated/α-hetero) is 1. The van der Waals surface area contributed by atoms with Crippen molar-refractivity contribution in [3.8, 4) is 0 Å². The summed E-state index contributed by atoms with van der Waals surface area (Å²) in [6.45, 7) is 14.4. The third-order valence-corrected chi connectivity index (χ3v) is 7.01. The van der Waals surface area contributed by atoms with E-state index in [1.165, 1.54) is 5.57 Å². The molecule has 0 heterocycles. The highest BCUT2D eigenvalue weighted by molar-refractivity contribution is 6.69. The number of methoxy groups -OCH3 is 1. The fourth-order valence-corrected chi connectivity index (χ4v) is 5.57. The zero-order valence-corrected chi connectivity index (χ0v) is 17.1. The zero-order valence-electron chi connectivity index (χ0n) is 16.1. The predicted molar refractivity (Wildman–Crippen MR) is 98.4 cm³/mol. The van der Waals surface area contributed by atoms with Gasteiger partial charge in [0, 0.05) is 25.4 Å². The van der Waals surface area contributed by atoms with Crippen LogP contribution in [0.2, 0.25) is 19.6 Å². The molecule has 0 bridgehead atoms. The molecule has 0 amide bonds. The molecule has 4 nitrogen and oxygen atoms in total. The van der Waals surface area contributed by atoms with Gasteiger partial charge in [0.25, 0.3) is 0 Å². The van der Waals surface area contributed by atoms with Gasteiger partial charge in [0.2, 0.25) is 0 Å². The minimum Gasteiger partial charge on any atom is -0.411 e. The molecule has 2 atom stereocenters. The molecule has 0 aromatic rings. The second-order valence-corrected chi connectivity index (χ2v) is 13.1. The van der Waals surface area contributed by atoms with E-state index in [1.54, 1.807) is 7.11 Å². The molecule has 138 valence electrons. The van der Waals surface area contributed by atoms with Crippen LogP contribution in [0.15, 0.2) is 12.2 Å². The van der Waals surface area contributed by atoms with Crippen molar-refractivity contribution in [2.75, 3.05) is 20.5 Å². The smallest absolute Gasteiger partial charge is 0.184 e. The molecular formula is C19H34O4Si. The van der Waals surface area contributed by atoms with Crippen molar-refractivity contribution in [3.05, 3.63) is 12.2 Å². The Kier molecular flexibility index (Phi) is 6.11. The highest BCUT2D eigenvalue weighted by Gasteiger charge is 2.55. The molecule has 0 saturated heterocycles. The minimum absolute atomic E-state index is 0.0337. The highest BCUT2D eigenvalue weighted by atomic mass is 28.4. The largest absolute Gasteiger partial charge is 0.411 e. The Bertz CT molecular complexity index is 472. The molecule has 0 radical (unpaired) electrons. The molecule has 0 unspecified atom stereocenters. The van der Waals surface area contributed by atoms with Crippen LogP contribution in [-0.2, 0) is 18.7 Å². The lowest BCUT2D eigenvalue weighted by molar-refractivity contribution is -0.132. The molecule has 0 aliphatic heterocycles. The van der Waals surface area contributed by atoms with E-state index < -0.39 is 8.32 Å². The van der Waals surface area contributed by atoms with E-state index >= 15 is 0 Å². The standard InChI is InChI=1S/C19H34O4Si/c1-15-17(23-24(4,5)6)9-10-18(15,2)19(13-22-14-21-3)11-7-16(20)8-12-19/h17H,1,7-14H2,2-6H3/t17-,18+/m1/s1. The minimum atomic E-state index is -1.61. The summed E-state index contributed by atoms with van der Waals surface area (Å²) in [7, 11) is 0.0352. The van der Waals surface area contributed by atoms with Gasteiger partial charge < -0.3 is 13.9 Å². The first kappa shape index (κ1) is 19.8. The molecule has 2 rings (SSSR count). The molecular weight excluding hydrogens is 320 g/mol. The van der Waals surface area contributed by atoms with Crippen LogP contribution in [0.4, 0.5) is 0 Å². The number of ether oxygens (including phenoxy) is 2. The highest BCUT2D eigenvalue weighted by Crippen LogP contribution is 2.60. The van der Waals surface area contributed by atoms with Gasteiger partial charge in [0.15, 0.2) is 8.32 Å². The first-order valence-corrected chi connectivity index (χ1v) is 12.5. The molecule has 2 saturated carbocycles. The zero-order chi connectivity index (χ0) is 18.0. The summed E-state index contributed by atoms with van der Waals surface area (Å²) in [5.74, 6) is 0.375. The third kappa shape index (κ3) is 4.01. The summed E-state index contributed by atoms with van der Waals surface area (Å²) < 4.78 is 17.3. The molecule has 2 aliphatic carbocycles. The summed E-state index contributed by atoms with van der Waals surface area (Å²) in [4.78, 5) is 11.8. The molecule has 5 heteroatoms. The quantitative estimate of drug-likeness (QED) is 0.296. The Hall–Kier alpha value is -0.493. The summed E-state index contributed by atoms with van der Waals surface area (Å²) >= 11 is 0. The van der Waals surface area contributed by atoms with Crippen LogP contribution in [0, 0.1) is 10.8 Å². The van der Waals surface area contributed by atoms with Crippen molar-refractivity contribution in [2.24, 2.45) is 10.8 Å². The van der Waals surface area contributed by atoms with E-state index in [9.17, 15) is 4.79 Å². The van der Waals surface area contributed by atoms with E-state index in [0.717, 1.165) is 25.7 Å². The number of carbonyl (C=O) groups excluding carboxylic acids is 1. The molecule has 0 aromatic heterocycles. The fraction of sp³-hybridized carbons (Fsp3) is 0.842. The van der Waals surface area contributed by atoms with Gasteiger partial charge in [0.05, 0.1) is 12.7 Å². The maximum absolute atomic E-state index is 11.8. The number of carbonyl (C=O) groups is 1. The Morgan fingerprint density at radius 2 is 1.83 bits per heavy atom. The second-order valence-electron chi connectivity index (χ2n) is 8.69. The van der Waals surface area contributed by atoms with Gasteiger partial charge in [-0.1, -0.05) is 13.5 Å². The molecule has 0 N–H and O–H groups in total. The molecule has 2 aliphatic rings. The lowest BCUT2D eigenvalue weighted by atomic mass is 9.56. The molecule has 2 fully saturated rings. The monoisotopic (exact) mass is 354 g/mol. The van der Waals surface area contributed by atoms with Crippen LogP contribution >= 0.6 is 0 Å². The van der Waals surface area contributed by atoms with Gasteiger partial charge in [-0.05, 0) is 56.3 Å². The van der Waals surface area contributed by atoms with E-state index in [4.69, 9.17) is 13.9 Å². The number of ketones is 1. The van der Waals surface area contributed by atoms with Crippen molar-refractivity contribution in [2.45, 2.75) is 71.2 Å². The van der Waals surface area contributed by atoms with Gasteiger partial charge in [0.1, 0.15) is 12.6 Å². The number of hydrogen-bond acceptors (Lipinski definition) is 4. The normalized spacial score (nSPS) is 30.8. The summed E-state index contributed by atoms with van der Waals surface area (Å²) in [5.41, 5.74) is 1.14. The molecule has 0 spiro atoms. The van der Waals surface area contributed by atoms with Gasteiger partial charge >= 0.3 is 0 Å². The summed E-state index contributed by atoms with van der Waals surface area (Å²) in [6.07, 6.45) is 5.30. The average molecular weight is 355 g/mol. The van der Waals surface area contributed by atoms with Crippen molar-refractivity contribution >= 4 is 14.1 Å². The van der Waals surface area contributed by atoms with Crippen molar-refractivity contribution in [1.82, 2.24) is 0 Å². The van der Waals surface area contributed by atoms with E-state index in [-0.39, 0.29) is 16.9 Å². The van der Waals surface area contributed by atoms with Crippen LogP contribution in [-0.4, -0.2) is 40.7 Å². The van der Waals surface area contributed by atoms with Gasteiger partial charge in [-0.3, -0.25) is 4.79 Å². The Morgan fingerprint density at radius 1 is 1.21 bits per heavy atom.